The van der Waals surface area contributed by atoms with Crippen molar-refractivity contribution in [3.63, 3.8) is 0 Å². The lowest BCUT2D eigenvalue weighted by Crippen LogP contribution is -2.50. The Hall–Kier alpha value is -1.29. The summed E-state index contributed by atoms with van der Waals surface area (Å²) in [4.78, 5) is 17.7. The van der Waals surface area contributed by atoms with Gasteiger partial charge < -0.3 is 15.3 Å². The Bertz CT molecular complexity index is 693. The van der Waals surface area contributed by atoms with Crippen LogP contribution in [0.3, 0.4) is 0 Å². The fraction of sp³-hybridized carbons (Fsp3) is 0.609. The van der Waals surface area contributed by atoms with Gasteiger partial charge in [0.25, 0.3) is 5.91 Å². The van der Waals surface area contributed by atoms with E-state index in [2.05, 4.69) is 34.0 Å². The van der Waals surface area contributed by atoms with Gasteiger partial charge in [-0.3, -0.25) is 9.69 Å². The van der Waals surface area contributed by atoms with E-state index in [1.54, 1.807) is 0 Å². The minimum Gasteiger partial charge on any atom is -0.375 e. The third-order valence-electron chi connectivity index (χ3n) is 6.12. The highest BCUT2D eigenvalue weighted by Gasteiger charge is 2.45. The highest BCUT2D eigenvalue weighted by atomic mass is 35.5. The first-order valence-corrected chi connectivity index (χ1v) is 10.5. The number of amides is 1. The van der Waals surface area contributed by atoms with Crippen LogP contribution in [0.25, 0.3) is 0 Å². The van der Waals surface area contributed by atoms with Crippen LogP contribution < -0.4 is 5.32 Å². The Kier molecular flexibility index (Phi) is 11.8. The second kappa shape index (κ2) is 13.2. The summed E-state index contributed by atoms with van der Waals surface area (Å²) in [6, 6.07) is 9.38. The smallest absolute Gasteiger partial charge is 0.257 e. The predicted octanol–water partition coefficient (Wildman–Crippen LogP) is 2.67. The molecule has 2 fully saturated rings. The summed E-state index contributed by atoms with van der Waals surface area (Å²) in [6.45, 7) is 5.22. The van der Waals surface area contributed by atoms with Gasteiger partial charge >= 0.3 is 0 Å². The molecule has 1 aromatic rings. The zero-order valence-corrected chi connectivity index (χ0v) is 19.4. The van der Waals surface area contributed by atoms with Crippen LogP contribution in [-0.4, -0.2) is 67.1 Å². The van der Waals surface area contributed by atoms with Crippen LogP contribution in [0.4, 0.5) is 0 Å². The number of nitrogens with one attached hydrogen (secondary N) is 1. The van der Waals surface area contributed by atoms with Gasteiger partial charge in [-0.15, -0.1) is 24.8 Å². The summed E-state index contributed by atoms with van der Waals surface area (Å²) in [7, 11) is 2.14. The first-order chi connectivity index (χ1) is 13.6. The molecule has 1 unspecified atom stereocenters. The standard InChI is InChI=1S/C23H33N3O2.2ClH/c1-25-16-18-26(19-17-25)15-9-8-14-24-22(27)23(28,20-10-4-2-5-11-20)21-12-6-3-7-13-21;;/h2,4-5,10-11,21,28H,3,6-7,12-19H2,1H3,(H,24,27);2*1H. The third kappa shape index (κ3) is 6.87. The number of piperazine rings is 1. The molecular formula is C23H35Cl2N3O2. The maximum Gasteiger partial charge on any atom is 0.257 e. The molecule has 1 atom stereocenters. The quantitative estimate of drug-likeness (QED) is 0.670. The van der Waals surface area contributed by atoms with Gasteiger partial charge in [0.15, 0.2) is 5.60 Å². The first kappa shape index (κ1) is 26.7. The molecule has 1 aromatic carbocycles. The molecule has 5 nitrogen and oxygen atoms in total. The van der Waals surface area contributed by atoms with E-state index in [1.165, 1.54) is 6.42 Å². The molecule has 1 saturated carbocycles. The maximum atomic E-state index is 13.0. The number of likely N-dealkylation sites (N-methyl/N-ethyl adjacent to an activating group) is 1. The van der Waals surface area contributed by atoms with Gasteiger partial charge in [-0.2, -0.15) is 0 Å². The third-order valence-corrected chi connectivity index (χ3v) is 6.12. The predicted molar refractivity (Wildman–Crippen MR) is 126 cm³/mol. The molecule has 0 radical (unpaired) electrons. The minimum atomic E-state index is -1.47. The number of carbonyl (C=O) groups excluding carboxylic acids is 1. The molecule has 0 spiro atoms. The number of carbonyl (C=O) groups is 1. The van der Waals surface area contributed by atoms with Crippen LogP contribution >= 0.6 is 24.8 Å². The number of aliphatic hydroxyl groups is 1. The van der Waals surface area contributed by atoms with E-state index in [4.69, 9.17) is 0 Å². The molecule has 1 heterocycles. The first-order valence-electron chi connectivity index (χ1n) is 10.5. The fourth-order valence-corrected chi connectivity index (χ4v) is 4.26. The highest BCUT2D eigenvalue weighted by Crippen LogP contribution is 2.39. The summed E-state index contributed by atoms with van der Waals surface area (Å²) in [6.07, 6.45) is 5.08. The van der Waals surface area contributed by atoms with Crippen molar-refractivity contribution in [2.75, 3.05) is 46.3 Å². The molecular weight excluding hydrogens is 421 g/mol. The van der Waals surface area contributed by atoms with Gasteiger partial charge in [0.1, 0.15) is 0 Å². The summed E-state index contributed by atoms with van der Waals surface area (Å²) < 4.78 is 0. The Balaban J connectivity index is 0.00000225. The topological polar surface area (TPSA) is 55.8 Å². The SMILES string of the molecule is CN1CCN(CC#CCNC(=O)C(O)(c2ccccc2)C2CCCCC2)CC1.Cl.Cl. The van der Waals surface area contributed by atoms with Gasteiger partial charge in [-0.05, 0) is 25.5 Å². The molecule has 7 heteroatoms. The number of benzene rings is 1. The maximum absolute atomic E-state index is 13.0. The summed E-state index contributed by atoms with van der Waals surface area (Å²) in [5.41, 5.74) is -0.786. The van der Waals surface area contributed by atoms with Crippen LogP contribution in [0.2, 0.25) is 0 Å². The normalized spacial score (nSPS) is 19.9. The second-order valence-corrected chi connectivity index (χ2v) is 8.08. The van der Waals surface area contributed by atoms with Gasteiger partial charge in [0.05, 0.1) is 13.1 Å². The number of hydrogen-bond acceptors (Lipinski definition) is 4. The van der Waals surface area contributed by atoms with Crippen molar-refractivity contribution in [2.45, 2.75) is 37.7 Å². The van der Waals surface area contributed by atoms with Gasteiger partial charge in [-0.1, -0.05) is 61.4 Å². The van der Waals surface area contributed by atoms with E-state index in [0.29, 0.717) is 5.56 Å². The van der Waals surface area contributed by atoms with E-state index in [0.717, 1.165) is 58.4 Å². The molecule has 1 aliphatic heterocycles. The van der Waals surface area contributed by atoms with Gasteiger partial charge in [-0.25, -0.2) is 0 Å². The molecule has 1 amide bonds. The average molecular weight is 456 g/mol. The molecule has 0 bridgehead atoms. The summed E-state index contributed by atoms with van der Waals surface area (Å²) >= 11 is 0. The lowest BCUT2D eigenvalue weighted by molar-refractivity contribution is -0.149. The minimum absolute atomic E-state index is 0. The van der Waals surface area contributed by atoms with Crippen molar-refractivity contribution < 1.29 is 9.90 Å². The average Bonchev–Trinajstić information content (AvgIpc) is 2.75. The zero-order chi connectivity index (χ0) is 19.8. The lowest BCUT2D eigenvalue weighted by atomic mass is 9.73. The van der Waals surface area contributed by atoms with Crippen molar-refractivity contribution in [3.05, 3.63) is 35.9 Å². The van der Waals surface area contributed by atoms with E-state index in [9.17, 15) is 9.90 Å². The molecule has 3 rings (SSSR count). The monoisotopic (exact) mass is 455 g/mol. The number of hydrogen-bond donors (Lipinski definition) is 2. The van der Waals surface area contributed by atoms with E-state index in [1.807, 2.05) is 30.3 Å². The zero-order valence-electron chi connectivity index (χ0n) is 17.8. The molecule has 1 aliphatic carbocycles. The van der Waals surface area contributed by atoms with Crippen molar-refractivity contribution >= 4 is 30.7 Å². The van der Waals surface area contributed by atoms with E-state index < -0.39 is 5.60 Å². The molecule has 1 saturated heterocycles. The van der Waals surface area contributed by atoms with Crippen molar-refractivity contribution in [3.8, 4) is 11.8 Å². The van der Waals surface area contributed by atoms with Crippen molar-refractivity contribution in [1.82, 2.24) is 15.1 Å². The molecule has 0 aromatic heterocycles. The van der Waals surface area contributed by atoms with Gasteiger partial charge in [0.2, 0.25) is 0 Å². The van der Waals surface area contributed by atoms with Crippen LogP contribution in [0, 0.1) is 17.8 Å². The van der Waals surface area contributed by atoms with E-state index in [-0.39, 0.29) is 43.2 Å². The fourth-order valence-electron chi connectivity index (χ4n) is 4.26. The summed E-state index contributed by atoms with van der Waals surface area (Å²) in [5, 5.41) is 14.4. The van der Waals surface area contributed by atoms with Crippen LogP contribution in [-0.2, 0) is 10.4 Å². The number of nitrogens with zero attached hydrogens (tertiary/aromatic N) is 2. The van der Waals surface area contributed by atoms with Crippen molar-refractivity contribution in [2.24, 2.45) is 5.92 Å². The Morgan fingerprint density at radius 2 is 1.70 bits per heavy atom. The second-order valence-electron chi connectivity index (χ2n) is 8.08. The van der Waals surface area contributed by atoms with E-state index >= 15 is 0 Å². The van der Waals surface area contributed by atoms with Crippen molar-refractivity contribution in [1.29, 1.82) is 0 Å². The molecule has 168 valence electrons. The Morgan fingerprint density at radius 3 is 2.33 bits per heavy atom. The number of halogens is 2. The summed E-state index contributed by atoms with van der Waals surface area (Å²) in [5.74, 6) is 5.85. The molecule has 30 heavy (non-hydrogen) atoms. The molecule has 2 aliphatic rings. The van der Waals surface area contributed by atoms with Crippen LogP contribution in [0.5, 0.6) is 0 Å². The Labute approximate surface area is 193 Å². The molecule has 2 N–H and O–H groups in total. The highest BCUT2D eigenvalue weighted by molar-refractivity contribution is 5.87. The Morgan fingerprint density at radius 1 is 1.07 bits per heavy atom. The lowest BCUT2D eigenvalue weighted by Gasteiger charge is -2.37. The largest absolute Gasteiger partial charge is 0.375 e. The van der Waals surface area contributed by atoms with Gasteiger partial charge in [0, 0.05) is 32.1 Å². The van der Waals surface area contributed by atoms with Crippen LogP contribution in [0.1, 0.15) is 37.7 Å². The number of rotatable bonds is 5. The van der Waals surface area contributed by atoms with Crippen LogP contribution in [0.15, 0.2) is 30.3 Å².